The Balaban J connectivity index is 0.00000243. The number of hydrogen-bond donors (Lipinski definition) is 2. The molecule has 3 rings (SSSR count). The van der Waals surface area contributed by atoms with E-state index in [0.29, 0.717) is 24.7 Å². The van der Waals surface area contributed by atoms with Crippen LogP contribution in [0, 0.1) is 5.82 Å². The number of pyridine rings is 1. The van der Waals surface area contributed by atoms with Crippen LogP contribution < -0.4 is 25.3 Å². The van der Waals surface area contributed by atoms with Crippen LogP contribution in [0.3, 0.4) is 0 Å². The van der Waals surface area contributed by atoms with E-state index < -0.39 is 5.82 Å². The van der Waals surface area contributed by atoms with E-state index >= 15 is 0 Å². The predicted octanol–water partition coefficient (Wildman–Crippen LogP) is 2.81. The minimum absolute atomic E-state index is 0. The van der Waals surface area contributed by atoms with E-state index in [0.717, 1.165) is 12.1 Å². The molecule has 9 heteroatoms. The number of fused-ring (bicyclic) bond motifs is 1. The van der Waals surface area contributed by atoms with Crippen molar-refractivity contribution in [2.75, 3.05) is 31.7 Å². The summed E-state index contributed by atoms with van der Waals surface area (Å²) in [5.74, 6) is 1.05. The minimum atomic E-state index is -0.509. The van der Waals surface area contributed by atoms with E-state index in [4.69, 9.17) is 19.9 Å². The van der Waals surface area contributed by atoms with E-state index in [1.54, 1.807) is 0 Å². The van der Waals surface area contributed by atoms with Gasteiger partial charge >= 0.3 is 0 Å². The van der Waals surface area contributed by atoms with E-state index in [9.17, 15) is 4.39 Å². The van der Waals surface area contributed by atoms with Gasteiger partial charge in [-0.3, -0.25) is 0 Å². The number of guanidine groups is 1. The number of halogens is 2. The first-order valence-electron chi connectivity index (χ1n) is 7.92. The minimum Gasteiger partial charge on any atom is -0.490 e. The quantitative estimate of drug-likeness (QED) is 0.300. The Morgan fingerprint density at radius 2 is 2.08 bits per heavy atom. The summed E-state index contributed by atoms with van der Waals surface area (Å²) in [6, 6.07) is 8.24. The van der Waals surface area contributed by atoms with Gasteiger partial charge in [0.1, 0.15) is 6.61 Å². The molecule has 0 radical (unpaired) electrons. The number of ether oxygens (including phenoxy) is 3. The van der Waals surface area contributed by atoms with Crippen molar-refractivity contribution in [3.63, 3.8) is 0 Å². The van der Waals surface area contributed by atoms with Gasteiger partial charge in [0.15, 0.2) is 23.3 Å². The summed E-state index contributed by atoms with van der Waals surface area (Å²) in [5, 5.41) is 2.97. The number of benzene rings is 1. The SMILES string of the molecule is I.NC(=NCCOc1ncccc1F)Nc1ccc2c(c1)OCCCO2. The molecule has 0 atom stereocenters. The molecule has 3 N–H and O–H groups in total. The topological polar surface area (TPSA) is 91.0 Å². The largest absolute Gasteiger partial charge is 0.490 e. The monoisotopic (exact) mass is 474 g/mol. The summed E-state index contributed by atoms with van der Waals surface area (Å²) in [5.41, 5.74) is 6.58. The maximum absolute atomic E-state index is 13.3. The first-order chi connectivity index (χ1) is 12.2. The molecular weight excluding hydrogens is 454 g/mol. The van der Waals surface area contributed by atoms with Crippen LogP contribution in [0.15, 0.2) is 41.5 Å². The number of nitrogens with two attached hydrogens (primary N) is 1. The molecule has 1 aliphatic rings. The number of aromatic nitrogens is 1. The number of nitrogens with one attached hydrogen (secondary N) is 1. The third kappa shape index (κ3) is 5.61. The second-order valence-corrected chi connectivity index (χ2v) is 5.24. The molecule has 7 nitrogen and oxygen atoms in total. The van der Waals surface area contributed by atoms with Gasteiger partial charge in [0.25, 0.3) is 0 Å². The average molecular weight is 474 g/mol. The molecule has 1 aromatic heterocycles. The molecule has 0 amide bonds. The predicted molar refractivity (Wildman–Crippen MR) is 107 cm³/mol. The van der Waals surface area contributed by atoms with Gasteiger partial charge in [-0.25, -0.2) is 14.4 Å². The molecule has 0 spiro atoms. The van der Waals surface area contributed by atoms with Crippen LogP contribution in [0.1, 0.15) is 6.42 Å². The fraction of sp³-hybridized carbons (Fsp3) is 0.294. The van der Waals surface area contributed by atoms with Gasteiger partial charge in [0.2, 0.25) is 5.88 Å². The summed E-state index contributed by atoms with van der Waals surface area (Å²) in [6.07, 6.45) is 2.31. The van der Waals surface area contributed by atoms with E-state index in [1.807, 2.05) is 18.2 Å². The standard InChI is InChI=1S/C17H19FN4O3.HI/c18-13-3-1-6-20-16(13)25-10-7-21-17(19)22-12-4-5-14-15(11-12)24-9-2-8-23-14;/h1,3-6,11H,2,7-10H2,(H3,19,21,22);1H. The molecule has 2 aromatic rings. The van der Waals surface area contributed by atoms with Crippen LogP contribution in [-0.4, -0.2) is 37.3 Å². The first-order valence-corrected chi connectivity index (χ1v) is 7.92. The number of rotatable bonds is 5. The van der Waals surface area contributed by atoms with Gasteiger partial charge in [0.05, 0.1) is 19.8 Å². The van der Waals surface area contributed by atoms with Gasteiger partial charge in [-0.1, -0.05) is 0 Å². The lowest BCUT2D eigenvalue weighted by Crippen LogP contribution is -2.23. The Morgan fingerprint density at radius 1 is 1.27 bits per heavy atom. The van der Waals surface area contributed by atoms with E-state index in [1.165, 1.54) is 18.3 Å². The van der Waals surface area contributed by atoms with Crippen molar-refractivity contribution < 1.29 is 18.6 Å². The Kier molecular flexibility index (Phi) is 7.70. The van der Waals surface area contributed by atoms with Crippen molar-refractivity contribution in [3.8, 4) is 17.4 Å². The molecule has 140 valence electrons. The van der Waals surface area contributed by atoms with Crippen molar-refractivity contribution in [1.82, 2.24) is 4.98 Å². The van der Waals surface area contributed by atoms with Crippen LogP contribution in [0.25, 0.3) is 0 Å². The fourth-order valence-electron chi connectivity index (χ4n) is 2.21. The zero-order valence-corrected chi connectivity index (χ0v) is 16.3. The summed E-state index contributed by atoms with van der Waals surface area (Å²) < 4.78 is 29.8. The normalized spacial score (nSPS) is 13.3. The fourth-order valence-corrected chi connectivity index (χ4v) is 2.21. The van der Waals surface area contributed by atoms with Gasteiger partial charge < -0.3 is 25.3 Å². The van der Waals surface area contributed by atoms with E-state index in [-0.39, 0.29) is 49.0 Å². The number of hydrogen-bond acceptors (Lipinski definition) is 5. The molecule has 2 heterocycles. The third-order valence-corrected chi connectivity index (χ3v) is 3.36. The highest BCUT2D eigenvalue weighted by atomic mass is 127. The summed E-state index contributed by atoms with van der Waals surface area (Å²) in [6.45, 7) is 1.68. The van der Waals surface area contributed by atoms with Crippen LogP contribution in [0.4, 0.5) is 10.1 Å². The highest BCUT2D eigenvalue weighted by molar-refractivity contribution is 14.0. The number of nitrogens with zero attached hydrogens (tertiary/aromatic N) is 2. The smallest absolute Gasteiger partial charge is 0.250 e. The van der Waals surface area contributed by atoms with Crippen molar-refractivity contribution in [1.29, 1.82) is 0 Å². The highest BCUT2D eigenvalue weighted by Gasteiger charge is 2.10. The number of aliphatic imine (C=N–C) groups is 1. The Hall–Kier alpha value is -2.30. The Labute approximate surface area is 167 Å². The molecule has 0 bridgehead atoms. The third-order valence-electron chi connectivity index (χ3n) is 3.36. The zero-order chi connectivity index (χ0) is 17.5. The zero-order valence-electron chi connectivity index (χ0n) is 14.0. The summed E-state index contributed by atoms with van der Waals surface area (Å²) >= 11 is 0. The maximum Gasteiger partial charge on any atom is 0.250 e. The average Bonchev–Trinajstić information content (AvgIpc) is 2.85. The maximum atomic E-state index is 13.3. The lowest BCUT2D eigenvalue weighted by Gasteiger charge is -2.11. The molecule has 1 aromatic carbocycles. The van der Waals surface area contributed by atoms with Gasteiger partial charge in [-0.2, -0.15) is 0 Å². The van der Waals surface area contributed by atoms with Crippen LogP contribution in [-0.2, 0) is 0 Å². The molecular formula is C17H20FIN4O3. The number of anilines is 1. The highest BCUT2D eigenvalue weighted by Crippen LogP contribution is 2.32. The van der Waals surface area contributed by atoms with Crippen molar-refractivity contribution >= 4 is 35.6 Å². The second kappa shape index (κ2) is 10.00. The van der Waals surface area contributed by atoms with Crippen molar-refractivity contribution in [2.45, 2.75) is 6.42 Å². The lowest BCUT2D eigenvalue weighted by atomic mass is 10.3. The second-order valence-electron chi connectivity index (χ2n) is 5.24. The van der Waals surface area contributed by atoms with Crippen molar-refractivity contribution in [2.24, 2.45) is 10.7 Å². The first kappa shape index (κ1) is 20.0. The summed E-state index contributed by atoms with van der Waals surface area (Å²) in [7, 11) is 0. The molecule has 0 saturated carbocycles. The van der Waals surface area contributed by atoms with Crippen LogP contribution in [0.2, 0.25) is 0 Å². The molecule has 0 aliphatic carbocycles. The van der Waals surface area contributed by atoms with Gasteiger partial charge in [-0.15, -0.1) is 24.0 Å². The lowest BCUT2D eigenvalue weighted by molar-refractivity contribution is 0.297. The van der Waals surface area contributed by atoms with E-state index in [2.05, 4.69) is 15.3 Å². The van der Waals surface area contributed by atoms with Crippen LogP contribution in [0.5, 0.6) is 17.4 Å². The molecule has 26 heavy (non-hydrogen) atoms. The van der Waals surface area contributed by atoms with Crippen LogP contribution >= 0.6 is 24.0 Å². The molecule has 0 unspecified atom stereocenters. The van der Waals surface area contributed by atoms with Gasteiger partial charge in [-0.05, 0) is 24.3 Å². The summed E-state index contributed by atoms with van der Waals surface area (Å²) in [4.78, 5) is 7.92. The Morgan fingerprint density at radius 3 is 2.88 bits per heavy atom. The molecule has 0 fully saturated rings. The van der Waals surface area contributed by atoms with Gasteiger partial charge in [0, 0.05) is 24.4 Å². The Bertz CT molecular complexity index is 761. The molecule has 0 saturated heterocycles. The van der Waals surface area contributed by atoms with Crippen molar-refractivity contribution in [3.05, 3.63) is 42.3 Å². The molecule has 1 aliphatic heterocycles.